The fraction of sp³-hybridized carbons (Fsp3) is 0.250. The molecule has 0 aliphatic carbocycles. The third-order valence-corrected chi connectivity index (χ3v) is 2.25. The van der Waals surface area contributed by atoms with Gasteiger partial charge in [-0.05, 0) is 34.0 Å². The molecule has 1 rings (SSSR count). The molecule has 13 heavy (non-hydrogen) atoms. The zero-order valence-corrected chi connectivity index (χ0v) is 8.47. The molecule has 0 N–H and O–H groups in total. The number of nitro benzene ring substituents is 1. The summed E-state index contributed by atoms with van der Waals surface area (Å²) in [7, 11) is 0. The summed E-state index contributed by atoms with van der Waals surface area (Å²) in [5.74, 6) is -0.817. The minimum atomic E-state index is -0.817. The molecule has 1 aromatic carbocycles. The molecule has 0 unspecified atom stereocenters. The summed E-state index contributed by atoms with van der Waals surface area (Å²) in [4.78, 5) is 9.66. The Kier molecular flexibility index (Phi) is 2.98. The monoisotopic (exact) mass is 247 g/mol. The first-order valence-electron chi connectivity index (χ1n) is 3.68. The highest BCUT2D eigenvalue weighted by molar-refractivity contribution is 9.10. The van der Waals surface area contributed by atoms with Crippen LogP contribution in [-0.4, -0.2) is 4.92 Å². The normalized spacial score (nSPS) is 10.1. The molecule has 0 radical (unpaired) electrons. The molecule has 0 heterocycles. The molecular weight excluding hydrogens is 241 g/mol. The molecule has 0 aliphatic heterocycles. The molecule has 0 spiro atoms. The maximum atomic E-state index is 13.1. The fourth-order valence-electron chi connectivity index (χ4n) is 0.966. The first kappa shape index (κ1) is 10.1. The molecule has 0 fully saturated rings. The van der Waals surface area contributed by atoms with Gasteiger partial charge in [0.25, 0.3) is 0 Å². The highest BCUT2D eigenvalue weighted by Gasteiger charge is 2.17. The lowest BCUT2D eigenvalue weighted by molar-refractivity contribution is -0.387. The van der Waals surface area contributed by atoms with E-state index < -0.39 is 16.4 Å². The van der Waals surface area contributed by atoms with E-state index in [9.17, 15) is 14.5 Å². The number of hydrogen-bond donors (Lipinski definition) is 0. The first-order valence-corrected chi connectivity index (χ1v) is 4.48. The number of benzene rings is 1. The summed E-state index contributed by atoms with van der Waals surface area (Å²) in [5.41, 5.74) is 0.256. The van der Waals surface area contributed by atoms with Gasteiger partial charge in [-0.25, -0.2) is 0 Å². The highest BCUT2D eigenvalue weighted by atomic mass is 79.9. The Hall–Kier alpha value is -0.970. The Morgan fingerprint density at radius 3 is 2.69 bits per heavy atom. The topological polar surface area (TPSA) is 43.1 Å². The van der Waals surface area contributed by atoms with E-state index in [0.29, 0.717) is 6.42 Å². The van der Waals surface area contributed by atoms with Crippen LogP contribution in [-0.2, 0) is 6.42 Å². The van der Waals surface area contributed by atoms with E-state index in [4.69, 9.17) is 0 Å². The van der Waals surface area contributed by atoms with Crippen LogP contribution >= 0.6 is 15.9 Å². The average molecular weight is 248 g/mol. The summed E-state index contributed by atoms with van der Waals surface area (Å²) < 4.78 is 13.2. The van der Waals surface area contributed by atoms with E-state index in [2.05, 4.69) is 15.9 Å². The Morgan fingerprint density at radius 2 is 2.23 bits per heavy atom. The lowest BCUT2D eigenvalue weighted by Crippen LogP contribution is -1.95. The summed E-state index contributed by atoms with van der Waals surface area (Å²) in [6.07, 6.45) is 0.639. The smallest absolute Gasteiger partial charge is 0.258 e. The van der Waals surface area contributed by atoms with Gasteiger partial charge in [-0.15, -0.1) is 0 Å². The predicted molar refractivity (Wildman–Crippen MR) is 50.1 cm³/mol. The summed E-state index contributed by atoms with van der Waals surface area (Å²) in [6.45, 7) is 1.85. The highest BCUT2D eigenvalue weighted by Crippen LogP contribution is 2.26. The van der Waals surface area contributed by atoms with Gasteiger partial charge in [0.2, 0.25) is 5.82 Å². The molecular formula is C8H7BrFNO2. The van der Waals surface area contributed by atoms with Crippen molar-refractivity contribution < 1.29 is 9.31 Å². The average Bonchev–Trinajstić information content (AvgIpc) is 2.09. The number of hydrogen-bond acceptors (Lipinski definition) is 2. The summed E-state index contributed by atoms with van der Waals surface area (Å²) >= 11 is 2.93. The van der Waals surface area contributed by atoms with E-state index in [1.807, 2.05) is 6.92 Å². The molecule has 0 amide bonds. The molecule has 0 atom stereocenters. The number of halogens is 2. The number of aryl methyl sites for hydroxylation is 1. The van der Waals surface area contributed by atoms with Crippen molar-refractivity contribution in [1.82, 2.24) is 0 Å². The molecule has 0 aliphatic rings. The Balaban J connectivity index is 3.33. The third kappa shape index (κ3) is 2.03. The van der Waals surface area contributed by atoms with Gasteiger partial charge in [0.05, 0.1) is 9.40 Å². The van der Waals surface area contributed by atoms with Crippen LogP contribution in [0.15, 0.2) is 16.6 Å². The predicted octanol–water partition coefficient (Wildman–Crippen LogP) is 3.06. The van der Waals surface area contributed by atoms with Crippen LogP contribution in [0.2, 0.25) is 0 Å². The molecule has 0 aromatic heterocycles. The van der Waals surface area contributed by atoms with Crippen LogP contribution in [0.4, 0.5) is 10.1 Å². The molecule has 0 bridgehead atoms. The Labute approximate surface area is 82.8 Å². The molecule has 3 nitrogen and oxygen atoms in total. The van der Waals surface area contributed by atoms with Crippen molar-refractivity contribution >= 4 is 21.6 Å². The lowest BCUT2D eigenvalue weighted by Gasteiger charge is -2.00. The second-order valence-corrected chi connectivity index (χ2v) is 3.38. The first-order chi connectivity index (χ1) is 6.06. The van der Waals surface area contributed by atoms with Crippen LogP contribution < -0.4 is 0 Å². The quantitative estimate of drug-likeness (QED) is 0.596. The van der Waals surface area contributed by atoms with E-state index in [0.717, 1.165) is 5.56 Å². The molecule has 0 saturated heterocycles. The van der Waals surface area contributed by atoms with Crippen molar-refractivity contribution in [3.8, 4) is 0 Å². The minimum Gasteiger partial charge on any atom is -0.258 e. The maximum Gasteiger partial charge on any atom is 0.306 e. The zero-order valence-electron chi connectivity index (χ0n) is 6.88. The van der Waals surface area contributed by atoms with Gasteiger partial charge in [-0.2, -0.15) is 4.39 Å². The zero-order chi connectivity index (χ0) is 10.0. The van der Waals surface area contributed by atoms with Crippen molar-refractivity contribution in [2.75, 3.05) is 0 Å². The third-order valence-electron chi connectivity index (χ3n) is 1.67. The molecule has 1 aromatic rings. The summed E-state index contributed by atoms with van der Waals surface area (Å²) in [6, 6.07) is 2.79. The SMILES string of the molecule is CCc1cc(Br)c(F)c([N+](=O)[O-])c1. The van der Waals surface area contributed by atoms with E-state index in [1.165, 1.54) is 6.07 Å². The van der Waals surface area contributed by atoms with Gasteiger partial charge in [-0.1, -0.05) is 6.92 Å². The minimum absolute atomic E-state index is 0.138. The van der Waals surface area contributed by atoms with Crippen LogP contribution in [0.3, 0.4) is 0 Å². The number of nitrogens with zero attached hydrogens (tertiary/aromatic N) is 1. The van der Waals surface area contributed by atoms with Gasteiger partial charge >= 0.3 is 5.69 Å². The van der Waals surface area contributed by atoms with E-state index in [1.54, 1.807) is 6.07 Å². The van der Waals surface area contributed by atoms with Crippen molar-refractivity contribution in [3.63, 3.8) is 0 Å². The summed E-state index contributed by atoms with van der Waals surface area (Å²) in [5, 5.41) is 10.4. The van der Waals surface area contributed by atoms with Crippen molar-refractivity contribution in [3.05, 3.63) is 38.1 Å². The largest absolute Gasteiger partial charge is 0.306 e. The van der Waals surface area contributed by atoms with Crippen molar-refractivity contribution in [1.29, 1.82) is 0 Å². The Bertz CT molecular complexity index is 354. The lowest BCUT2D eigenvalue weighted by atomic mass is 10.1. The fourth-order valence-corrected chi connectivity index (χ4v) is 1.46. The number of rotatable bonds is 2. The molecule has 70 valence electrons. The molecule has 5 heteroatoms. The van der Waals surface area contributed by atoms with Gasteiger partial charge in [0, 0.05) is 6.07 Å². The standard InChI is InChI=1S/C8H7BrFNO2/c1-2-5-3-6(9)8(10)7(4-5)11(12)13/h3-4H,2H2,1H3. The second-order valence-electron chi connectivity index (χ2n) is 2.52. The van der Waals surface area contributed by atoms with Crippen molar-refractivity contribution in [2.24, 2.45) is 0 Å². The van der Waals surface area contributed by atoms with E-state index >= 15 is 0 Å². The number of nitro groups is 1. The second kappa shape index (κ2) is 3.83. The Morgan fingerprint density at radius 1 is 1.62 bits per heavy atom. The van der Waals surface area contributed by atoms with Gasteiger partial charge in [-0.3, -0.25) is 10.1 Å². The molecule has 0 saturated carbocycles. The van der Waals surface area contributed by atoms with Gasteiger partial charge in [0.15, 0.2) is 0 Å². The van der Waals surface area contributed by atoms with Crippen LogP contribution in [0.5, 0.6) is 0 Å². The van der Waals surface area contributed by atoms with Crippen molar-refractivity contribution in [2.45, 2.75) is 13.3 Å². The van der Waals surface area contributed by atoms with Crippen LogP contribution in [0, 0.1) is 15.9 Å². The van der Waals surface area contributed by atoms with Gasteiger partial charge < -0.3 is 0 Å². The van der Waals surface area contributed by atoms with Crippen LogP contribution in [0.1, 0.15) is 12.5 Å². The maximum absolute atomic E-state index is 13.1. The van der Waals surface area contributed by atoms with Crippen LogP contribution in [0.25, 0.3) is 0 Å². The van der Waals surface area contributed by atoms with Gasteiger partial charge in [0.1, 0.15) is 0 Å². The van der Waals surface area contributed by atoms with E-state index in [-0.39, 0.29) is 4.47 Å².